The molecule has 118 valence electrons. The summed E-state index contributed by atoms with van der Waals surface area (Å²) in [7, 11) is 0. The number of pyridine rings is 1. The van der Waals surface area contributed by atoms with Crippen LogP contribution in [0.25, 0.3) is 0 Å². The molecule has 0 spiro atoms. The zero-order valence-electron chi connectivity index (χ0n) is 13.2. The van der Waals surface area contributed by atoms with Crippen molar-refractivity contribution in [2.24, 2.45) is 0 Å². The maximum Gasteiger partial charge on any atom is 0.268 e. The number of benzene rings is 1. The van der Waals surface area contributed by atoms with E-state index in [1.807, 2.05) is 31.2 Å². The highest BCUT2D eigenvalue weighted by molar-refractivity contribution is 5.59. The summed E-state index contributed by atoms with van der Waals surface area (Å²) in [6, 6.07) is 14.3. The first-order valence-corrected chi connectivity index (χ1v) is 7.88. The lowest BCUT2D eigenvalue weighted by atomic mass is 10.2. The average molecular weight is 308 g/mol. The van der Waals surface area contributed by atoms with Gasteiger partial charge in [-0.25, -0.2) is 0 Å². The zero-order valence-corrected chi connectivity index (χ0v) is 13.2. The van der Waals surface area contributed by atoms with E-state index in [4.69, 9.17) is 0 Å². The predicted octanol–water partition coefficient (Wildman–Crippen LogP) is 2.27. The maximum atomic E-state index is 12.0. The molecule has 23 heavy (non-hydrogen) atoms. The van der Waals surface area contributed by atoms with Gasteiger partial charge in [0.15, 0.2) is 0 Å². The van der Waals surface area contributed by atoms with Crippen molar-refractivity contribution in [3.05, 3.63) is 58.0 Å². The smallest absolute Gasteiger partial charge is 0.268 e. The molecule has 5 heteroatoms. The number of aromatic nitrogens is 1. The minimum atomic E-state index is -0.299. The van der Waals surface area contributed by atoms with Crippen LogP contribution >= 0.6 is 0 Å². The number of nitrogens with zero attached hydrogens (tertiary/aromatic N) is 3. The SMILES string of the molecule is Cc1cc(N2CCCN(c3ccccc3)CC2)c(C#N)c(=O)[nH]1. The molecule has 0 atom stereocenters. The first-order chi connectivity index (χ1) is 11.2. The summed E-state index contributed by atoms with van der Waals surface area (Å²) in [4.78, 5) is 19.2. The molecule has 2 aromatic rings. The normalized spacial score (nSPS) is 15.1. The molecular weight excluding hydrogens is 288 g/mol. The Morgan fingerprint density at radius 2 is 1.78 bits per heavy atom. The van der Waals surface area contributed by atoms with Gasteiger partial charge in [0, 0.05) is 37.6 Å². The summed E-state index contributed by atoms with van der Waals surface area (Å²) >= 11 is 0. The Bertz CT molecular complexity index is 776. The fraction of sp³-hybridized carbons (Fsp3) is 0.333. The van der Waals surface area contributed by atoms with Crippen molar-refractivity contribution in [2.75, 3.05) is 36.0 Å². The quantitative estimate of drug-likeness (QED) is 0.924. The Morgan fingerprint density at radius 1 is 1.09 bits per heavy atom. The third kappa shape index (κ3) is 3.21. The molecule has 0 amide bonds. The Kier molecular flexibility index (Phi) is 4.33. The number of para-hydroxylation sites is 1. The molecule has 0 saturated carbocycles. The number of rotatable bonds is 2. The molecule has 1 aromatic heterocycles. The molecule has 3 rings (SSSR count). The molecule has 1 saturated heterocycles. The minimum Gasteiger partial charge on any atom is -0.370 e. The highest BCUT2D eigenvalue weighted by atomic mass is 16.1. The monoisotopic (exact) mass is 308 g/mol. The van der Waals surface area contributed by atoms with Crippen LogP contribution in [0.5, 0.6) is 0 Å². The van der Waals surface area contributed by atoms with Gasteiger partial charge >= 0.3 is 0 Å². The summed E-state index contributed by atoms with van der Waals surface area (Å²) in [5.41, 5.74) is 2.67. The minimum absolute atomic E-state index is 0.212. The van der Waals surface area contributed by atoms with Crippen LogP contribution in [0.1, 0.15) is 17.7 Å². The van der Waals surface area contributed by atoms with E-state index in [0.29, 0.717) is 0 Å². The van der Waals surface area contributed by atoms with Crippen LogP contribution in [-0.4, -0.2) is 31.2 Å². The summed E-state index contributed by atoms with van der Waals surface area (Å²) in [6.07, 6.45) is 0.992. The Hall–Kier alpha value is -2.74. The Morgan fingerprint density at radius 3 is 2.52 bits per heavy atom. The Balaban J connectivity index is 1.84. The third-order valence-electron chi connectivity index (χ3n) is 4.22. The largest absolute Gasteiger partial charge is 0.370 e. The second-order valence-electron chi connectivity index (χ2n) is 5.82. The van der Waals surface area contributed by atoms with E-state index in [-0.39, 0.29) is 11.1 Å². The topological polar surface area (TPSA) is 63.1 Å². The van der Waals surface area contributed by atoms with Crippen LogP contribution < -0.4 is 15.4 Å². The van der Waals surface area contributed by atoms with E-state index in [9.17, 15) is 10.1 Å². The van der Waals surface area contributed by atoms with E-state index in [2.05, 4.69) is 33.0 Å². The third-order valence-corrected chi connectivity index (χ3v) is 4.22. The molecule has 5 nitrogen and oxygen atoms in total. The van der Waals surface area contributed by atoms with Crippen LogP contribution in [0.2, 0.25) is 0 Å². The molecule has 1 aromatic carbocycles. The number of nitrogens with one attached hydrogen (secondary N) is 1. The predicted molar refractivity (Wildman–Crippen MR) is 92.0 cm³/mol. The number of aromatic amines is 1. The van der Waals surface area contributed by atoms with Crippen molar-refractivity contribution >= 4 is 11.4 Å². The molecule has 0 unspecified atom stereocenters. The van der Waals surface area contributed by atoms with E-state index in [1.165, 1.54) is 5.69 Å². The van der Waals surface area contributed by atoms with Crippen molar-refractivity contribution in [3.8, 4) is 6.07 Å². The van der Waals surface area contributed by atoms with E-state index in [1.54, 1.807) is 0 Å². The first kappa shape index (κ1) is 15.2. The fourth-order valence-electron chi connectivity index (χ4n) is 3.08. The van der Waals surface area contributed by atoms with Gasteiger partial charge in [0.1, 0.15) is 11.6 Å². The van der Waals surface area contributed by atoms with Gasteiger partial charge in [-0.2, -0.15) is 5.26 Å². The molecule has 1 aliphatic heterocycles. The summed E-state index contributed by atoms with van der Waals surface area (Å²) < 4.78 is 0. The number of nitriles is 1. The second-order valence-corrected chi connectivity index (χ2v) is 5.82. The average Bonchev–Trinajstić information content (AvgIpc) is 2.81. The summed E-state index contributed by atoms with van der Waals surface area (Å²) in [5.74, 6) is 0. The van der Waals surface area contributed by atoms with Gasteiger partial charge in [0.05, 0.1) is 5.69 Å². The van der Waals surface area contributed by atoms with Crippen LogP contribution in [0.4, 0.5) is 11.4 Å². The lowest BCUT2D eigenvalue weighted by Crippen LogP contribution is -2.32. The summed E-state index contributed by atoms with van der Waals surface area (Å²) in [6.45, 7) is 5.35. The molecule has 0 aliphatic carbocycles. The molecule has 1 fully saturated rings. The number of aryl methyl sites for hydroxylation is 1. The highest BCUT2D eigenvalue weighted by Gasteiger charge is 2.19. The maximum absolute atomic E-state index is 12.0. The Labute approximate surface area is 135 Å². The van der Waals surface area contributed by atoms with Crippen molar-refractivity contribution < 1.29 is 0 Å². The molecule has 0 bridgehead atoms. The van der Waals surface area contributed by atoms with Gasteiger partial charge in [-0.3, -0.25) is 4.79 Å². The number of anilines is 2. The number of hydrogen-bond acceptors (Lipinski definition) is 4. The molecule has 2 heterocycles. The van der Waals surface area contributed by atoms with E-state index in [0.717, 1.165) is 44.0 Å². The van der Waals surface area contributed by atoms with Crippen LogP contribution in [0.3, 0.4) is 0 Å². The van der Waals surface area contributed by atoms with Crippen LogP contribution in [0, 0.1) is 18.3 Å². The molecule has 1 aliphatic rings. The van der Waals surface area contributed by atoms with Gasteiger partial charge in [-0.05, 0) is 31.5 Å². The second kappa shape index (κ2) is 6.57. The van der Waals surface area contributed by atoms with Crippen molar-refractivity contribution in [1.29, 1.82) is 5.26 Å². The van der Waals surface area contributed by atoms with Crippen LogP contribution in [-0.2, 0) is 0 Å². The van der Waals surface area contributed by atoms with Crippen LogP contribution in [0.15, 0.2) is 41.2 Å². The number of H-pyrrole nitrogens is 1. The highest BCUT2D eigenvalue weighted by Crippen LogP contribution is 2.22. The van der Waals surface area contributed by atoms with E-state index >= 15 is 0 Å². The van der Waals surface area contributed by atoms with Crippen molar-refractivity contribution in [1.82, 2.24) is 4.98 Å². The molecule has 1 N–H and O–H groups in total. The van der Waals surface area contributed by atoms with Crippen molar-refractivity contribution in [3.63, 3.8) is 0 Å². The summed E-state index contributed by atoms with van der Waals surface area (Å²) in [5, 5.41) is 9.31. The molecular formula is C18H20N4O. The number of hydrogen-bond donors (Lipinski definition) is 1. The lowest BCUT2D eigenvalue weighted by molar-refractivity contribution is 0.804. The van der Waals surface area contributed by atoms with E-state index < -0.39 is 0 Å². The fourth-order valence-corrected chi connectivity index (χ4v) is 3.08. The standard InChI is InChI=1S/C18H20N4O/c1-14-12-17(16(13-19)18(23)20-14)22-9-5-8-21(10-11-22)15-6-3-2-4-7-15/h2-4,6-7,12H,5,8-11H2,1H3,(H,20,23). The first-order valence-electron chi connectivity index (χ1n) is 7.88. The van der Waals surface area contributed by atoms with Crippen molar-refractivity contribution in [2.45, 2.75) is 13.3 Å². The van der Waals surface area contributed by atoms with Gasteiger partial charge in [0.2, 0.25) is 0 Å². The van der Waals surface area contributed by atoms with Gasteiger partial charge in [-0.15, -0.1) is 0 Å². The molecule has 0 radical (unpaired) electrons. The van der Waals surface area contributed by atoms with Gasteiger partial charge in [-0.1, -0.05) is 18.2 Å². The zero-order chi connectivity index (χ0) is 16.2. The van der Waals surface area contributed by atoms with Gasteiger partial charge < -0.3 is 14.8 Å². The lowest BCUT2D eigenvalue weighted by Gasteiger charge is -2.25. The van der Waals surface area contributed by atoms with Gasteiger partial charge in [0.25, 0.3) is 5.56 Å².